The number of rotatable bonds is 3. The molecule has 0 saturated carbocycles. The van der Waals surface area contributed by atoms with Crippen LogP contribution in [-0.4, -0.2) is 12.1 Å². The number of hydrogen-bond acceptors (Lipinski definition) is 4. The van der Waals surface area contributed by atoms with Crippen LogP contribution in [0.4, 0.5) is 18.9 Å². The number of thiocarbonyl (C=S) groups is 1. The number of nitrogens with two attached hydrogens (primary N) is 1. The van der Waals surface area contributed by atoms with E-state index < -0.39 is 11.7 Å². The Bertz CT molecular complexity index is 1040. The largest absolute Gasteiger partial charge is 0.497 e. The third kappa shape index (κ3) is 3.70. The van der Waals surface area contributed by atoms with Gasteiger partial charge < -0.3 is 14.9 Å². The summed E-state index contributed by atoms with van der Waals surface area (Å²) in [6, 6.07) is 11.5. The Morgan fingerprint density at radius 2 is 1.81 bits per heavy atom. The fourth-order valence-electron chi connectivity index (χ4n) is 2.34. The molecule has 1 aromatic heterocycles. The first kappa shape index (κ1) is 17.9. The van der Waals surface area contributed by atoms with E-state index in [9.17, 15) is 13.2 Å². The highest BCUT2D eigenvalue weighted by atomic mass is 32.1. The predicted molar refractivity (Wildman–Crippen MR) is 95.3 cm³/mol. The van der Waals surface area contributed by atoms with E-state index in [-0.39, 0.29) is 27.1 Å². The van der Waals surface area contributed by atoms with Gasteiger partial charge in [-0.05, 0) is 48.5 Å². The van der Waals surface area contributed by atoms with Crippen LogP contribution in [0.25, 0.3) is 11.0 Å². The number of hydrogen-bond donors (Lipinski definition) is 1. The topological polar surface area (TPSA) is 60.8 Å². The Labute approximate surface area is 151 Å². The van der Waals surface area contributed by atoms with Crippen molar-refractivity contribution in [3.05, 3.63) is 65.2 Å². The number of benzene rings is 2. The van der Waals surface area contributed by atoms with Crippen LogP contribution in [0.2, 0.25) is 0 Å². The average Bonchev–Trinajstić information content (AvgIpc) is 2.60. The molecular formula is C18H13F3N2O2S. The van der Waals surface area contributed by atoms with Crippen LogP contribution in [0, 0.1) is 0 Å². The lowest BCUT2D eigenvalue weighted by atomic mass is 10.1. The standard InChI is InChI=1S/C18H13F3N2O2S/c1-24-13-5-3-12(4-6-13)23-17-14(16(22)26)9-10-8-11(18(19,20)21)2-7-15(10)25-17/h2-9H,1H3,(H2,22,26). The highest BCUT2D eigenvalue weighted by molar-refractivity contribution is 7.80. The highest BCUT2D eigenvalue weighted by Gasteiger charge is 2.30. The van der Waals surface area contributed by atoms with Gasteiger partial charge in [-0.2, -0.15) is 13.2 Å². The summed E-state index contributed by atoms with van der Waals surface area (Å²) < 4.78 is 49.4. The Morgan fingerprint density at radius 3 is 2.38 bits per heavy atom. The summed E-state index contributed by atoms with van der Waals surface area (Å²) in [4.78, 5) is 4.32. The number of halogens is 3. The molecule has 4 nitrogen and oxygen atoms in total. The molecule has 0 aliphatic heterocycles. The van der Waals surface area contributed by atoms with E-state index in [0.717, 1.165) is 12.1 Å². The molecule has 0 bridgehead atoms. The molecule has 0 aliphatic carbocycles. The minimum atomic E-state index is -4.45. The van der Waals surface area contributed by atoms with Crippen LogP contribution >= 0.6 is 12.2 Å². The molecule has 2 aromatic carbocycles. The second kappa shape index (κ2) is 6.80. The van der Waals surface area contributed by atoms with Crippen molar-refractivity contribution in [1.29, 1.82) is 0 Å². The molecule has 26 heavy (non-hydrogen) atoms. The zero-order valence-corrected chi connectivity index (χ0v) is 14.3. The minimum Gasteiger partial charge on any atom is -0.497 e. The van der Waals surface area contributed by atoms with Gasteiger partial charge in [0, 0.05) is 5.39 Å². The lowest BCUT2D eigenvalue weighted by molar-refractivity contribution is -0.137. The maximum absolute atomic E-state index is 12.9. The van der Waals surface area contributed by atoms with Crippen LogP contribution in [0.15, 0.2) is 57.9 Å². The molecule has 8 heteroatoms. The van der Waals surface area contributed by atoms with Crippen molar-refractivity contribution in [2.24, 2.45) is 10.7 Å². The van der Waals surface area contributed by atoms with Gasteiger partial charge in [0.2, 0.25) is 5.55 Å². The summed E-state index contributed by atoms with van der Waals surface area (Å²) in [7, 11) is 1.55. The van der Waals surface area contributed by atoms with E-state index in [1.165, 1.54) is 12.1 Å². The average molecular weight is 378 g/mol. The highest BCUT2D eigenvalue weighted by Crippen LogP contribution is 2.31. The first-order valence-electron chi connectivity index (χ1n) is 7.41. The molecule has 0 amide bonds. The van der Waals surface area contributed by atoms with Crippen LogP contribution in [0.5, 0.6) is 5.75 Å². The second-order valence-electron chi connectivity index (χ2n) is 5.39. The number of alkyl halides is 3. The SMILES string of the molecule is COc1ccc(N=c2oc3ccc(C(F)(F)F)cc3cc2C(N)=S)cc1. The van der Waals surface area contributed by atoms with E-state index in [0.29, 0.717) is 11.4 Å². The number of methoxy groups -OCH3 is 1. The zero-order valence-electron chi connectivity index (χ0n) is 13.5. The van der Waals surface area contributed by atoms with Crippen LogP contribution in [0.3, 0.4) is 0 Å². The van der Waals surface area contributed by atoms with Crippen LogP contribution in [-0.2, 0) is 6.18 Å². The van der Waals surface area contributed by atoms with Crippen molar-refractivity contribution >= 4 is 33.9 Å². The molecule has 0 radical (unpaired) electrons. The summed E-state index contributed by atoms with van der Waals surface area (Å²) in [6.45, 7) is 0. The lowest BCUT2D eigenvalue weighted by Crippen LogP contribution is -2.20. The minimum absolute atomic E-state index is 0.0275. The summed E-state index contributed by atoms with van der Waals surface area (Å²) in [5.41, 5.74) is 6.08. The molecule has 0 aliphatic rings. The van der Waals surface area contributed by atoms with Crippen molar-refractivity contribution in [1.82, 2.24) is 0 Å². The van der Waals surface area contributed by atoms with Gasteiger partial charge in [0.1, 0.15) is 16.3 Å². The Hall–Kier alpha value is -2.87. The van der Waals surface area contributed by atoms with Crippen LogP contribution in [0.1, 0.15) is 11.1 Å². The van der Waals surface area contributed by atoms with Crippen molar-refractivity contribution in [2.45, 2.75) is 6.18 Å². The Kier molecular flexibility index (Phi) is 4.69. The third-order valence-corrected chi connectivity index (χ3v) is 3.86. The number of ether oxygens (including phenoxy) is 1. The van der Waals surface area contributed by atoms with Gasteiger partial charge in [0.15, 0.2) is 0 Å². The van der Waals surface area contributed by atoms with Crippen molar-refractivity contribution < 1.29 is 22.3 Å². The Balaban J connectivity index is 2.19. The Morgan fingerprint density at radius 1 is 1.12 bits per heavy atom. The molecule has 0 atom stereocenters. The molecular weight excluding hydrogens is 365 g/mol. The van der Waals surface area contributed by atoms with Gasteiger partial charge in [-0.3, -0.25) is 0 Å². The predicted octanol–water partition coefficient (Wildman–Crippen LogP) is 4.33. The maximum atomic E-state index is 12.9. The molecule has 1 heterocycles. The lowest BCUT2D eigenvalue weighted by Gasteiger charge is -2.08. The van der Waals surface area contributed by atoms with Crippen LogP contribution < -0.4 is 16.0 Å². The maximum Gasteiger partial charge on any atom is 0.416 e. The van der Waals surface area contributed by atoms with Crippen molar-refractivity contribution in [3.8, 4) is 5.75 Å². The second-order valence-corrected chi connectivity index (χ2v) is 5.83. The van der Waals surface area contributed by atoms with Gasteiger partial charge in [-0.25, -0.2) is 4.99 Å². The molecule has 0 fully saturated rings. The van der Waals surface area contributed by atoms with E-state index >= 15 is 0 Å². The van der Waals surface area contributed by atoms with Gasteiger partial charge in [-0.15, -0.1) is 0 Å². The molecule has 2 N–H and O–H groups in total. The summed E-state index contributed by atoms with van der Waals surface area (Å²) in [5.74, 6) is 0.661. The first-order valence-corrected chi connectivity index (χ1v) is 7.82. The fourth-order valence-corrected chi connectivity index (χ4v) is 2.49. The van der Waals surface area contributed by atoms with Gasteiger partial charge in [-0.1, -0.05) is 12.2 Å². The quantitative estimate of drug-likeness (QED) is 0.690. The fraction of sp³-hybridized carbons (Fsp3) is 0.111. The van der Waals surface area contributed by atoms with E-state index in [4.69, 9.17) is 27.1 Å². The molecule has 0 spiro atoms. The smallest absolute Gasteiger partial charge is 0.416 e. The first-order chi connectivity index (χ1) is 12.3. The van der Waals surface area contributed by atoms with Crippen molar-refractivity contribution in [2.75, 3.05) is 7.11 Å². The van der Waals surface area contributed by atoms with Gasteiger partial charge in [0.05, 0.1) is 23.9 Å². The molecule has 0 saturated heterocycles. The number of fused-ring (bicyclic) bond motifs is 1. The third-order valence-electron chi connectivity index (χ3n) is 3.64. The normalized spacial score (nSPS) is 12.4. The number of nitrogens with zero attached hydrogens (tertiary/aromatic N) is 1. The van der Waals surface area contributed by atoms with Crippen molar-refractivity contribution in [3.63, 3.8) is 0 Å². The summed E-state index contributed by atoms with van der Waals surface area (Å²) >= 11 is 4.99. The van der Waals surface area contributed by atoms with Gasteiger partial charge >= 0.3 is 6.18 Å². The molecule has 0 unspecified atom stereocenters. The molecule has 3 rings (SSSR count). The van der Waals surface area contributed by atoms with E-state index in [1.807, 2.05) is 0 Å². The molecule has 134 valence electrons. The van der Waals surface area contributed by atoms with E-state index in [1.54, 1.807) is 31.4 Å². The van der Waals surface area contributed by atoms with E-state index in [2.05, 4.69) is 4.99 Å². The molecule has 3 aromatic rings. The monoisotopic (exact) mass is 378 g/mol. The summed E-state index contributed by atoms with van der Waals surface area (Å²) in [5, 5.41) is 0.233. The zero-order chi connectivity index (χ0) is 18.9. The van der Waals surface area contributed by atoms with Gasteiger partial charge in [0.25, 0.3) is 0 Å². The summed E-state index contributed by atoms with van der Waals surface area (Å²) in [6.07, 6.45) is -4.45.